The first-order valence-electron chi connectivity index (χ1n) is 6.50. The van der Waals surface area contributed by atoms with E-state index in [2.05, 4.69) is 0 Å². The molecule has 1 rings (SSSR count). The van der Waals surface area contributed by atoms with Gasteiger partial charge in [0.05, 0.1) is 17.4 Å². The van der Waals surface area contributed by atoms with Gasteiger partial charge in [0.25, 0.3) is 0 Å². The van der Waals surface area contributed by atoms with E-state index in [1.54, 1.807) is 18.7 Å². The number of carbonyl (C=O) groups is 2. The zero-order valence-electron chi connectivity index (χ0n) is 11.3. The average molecular weight is 257 g/mol. The van der Waals surface area contributed by atoms with E-state index in [-0.39, 0.29) is 12.5 Å². The molecule has 2 N–H and O–H groups in total. The normalized spacial score (nSPS) is 24.0. The topological polar surface area (TPSA) is 77.8 Å². The van der Waals surface area contributed by atoms with Crippen molar-refractivity contribution >= 4 is 11.9 Å². The van der Waals surface area contributed by atoms with Crippen LogP contribution in [0.1, 0.15) is 40.0 Å². The summed E-state index contributed by atoms with van der Waals surface area (Å²) in [5.74, 6) is -2.01. The van der Waals surface area contributed by atoms with Crippen LogP contribution >= 0.6 is 0 Å². The number of carboxylic acids is 1. The molecule has 18 heavy (non-hydrogen) atoms. The van der Waals surface area contributed by atoms with Crippen LogP contribution in [0.5, 0.6) is 0 Å². The number of carbonyl (C=O) groups excluding carboxylic acids is 1. The van der Waals surface area contributed by atoms with Gasteiger partial charge in [-0.05, 0) is 33.6 Å². The summed E-state index contributed by atoms with van der Waals surface area (Å²) < 4.78 is 0. The van der Waals surface area contributed by atoms with Crippen molar-refractivity contribution in [1.82, 2.24) is 4.90 Å². The molecule has 104 valence electrons. The van der Waals surface area contributed by atoms with Crippen molar-refractivity contribution in [3.05, 3.63) is 0 Å². The molecule has 0 unspecified atom stereocenters. The molecule has 0 radical (unpaired) electrons. The molecule has 5 heteroatoms. The summed E-state index contributed by atoms with van der Waals surface area (Å²) >= 11 is 0. The van der Waals surface area contributed by atoms with Gasteiger partial charge in [0.2, 0.25) is 5.91 Å². The van der Waals surface area contributed by atoms with Crippen molar-refractivity contribution in [2.75, 3.05) is 13.1 Å². The smallest absolute Gasteiger partial charge is 0.307 e. The Morgan fingerprint density at radius 3 is 2.28 bits per heavy atom. The van der Waals surface area contributed by atoms with Crippen molar-refractivity contribution in [1.29, 1.82) is 0 Å². The van der Waals surface area contributed by atoms with E-state index in [0.29, 0.717) is 19.4 Å². The van der Waals surface area contributed by atoms with E-state index in [9.17, 15) is 14.7 Å². The van der Waals surface area contributed by atoms with Crippen LogP contribution in [0.3, 0.4) is 0 Å². The van der Waals surface area contributed by atoms with Gasteiger partial charge in [0, 0.05) is 13.1 Å². The van der Waals surface area contributed by atoms with Crippen molar-refractivity contribution in [2.24, 2.45) is 11.8 Å². The molecule has 0 saturated heterocycles. The molecule has 2 atom stereocenters. The maximum atomic E-state index is 12.3. The predicted octanol–water partition coefficient (Wildman–Crippen LogP) is 1.11. The highest BCUT2D eigenvalue weighted by Gasteiger charge is 2.40. The summed E-state index contributed by atoms with van der Waals surface area (Å²) in [6.45, 7) is 5.86. The zero-order valence-corrected chi connectivity index (χ0v) is 11.3. The second-order valence-electron chi connectivity index (χ2n) is 5.65. The number of carboxylic acid groups (broad SMARTS) is 1. The highest BCUT2D eigenvalue weighted by molar-refractivity contribution is 5.85. The molecule has 0 bridgehead atoms. The van der Waals surface area contributed by atoms with Gasteiger partial charge < -0.3 is 15.1 Å². The number of hydrogen-bond donors (Lipinski definition) is 2. The molecule has 0 aromatic carbocycles. The molecular weight excluding hydrogens is 234 g/mol. The number of aliphatic hydroxyl groups is 1. The van der Waals surface area contributed by atoms with Crippen LogP contribution in [-0.4, -0.2) is 45.7 Å². The van der Waals surface area contributed by atoms with Crippen molar-refractivity contribution in [3.8, 4) is 0 Å². The summed E-state index contributed by atoms with van der Waals surface area (Å²) in [7, 11) is 0. The summed E-state index contributed by atoms with van der Waals surface area (Å²) in [5, 5.41) is 18.9. The van der Waals surface area contributed by atoms with E-state index < -0.39 is 23.4 Å². The summed E-state index contributed by atoms with van der Waals surface area (Å²) in [4.78, 5) is 25.0. The molecule has 1 saturated carbocycles. The Morgan fingerprint density at radius 1 is 1.28 bits per heavy atom. The maximum Gasteiger partial charge on any atom is 0.307 e. The first-order valence-corrected chi connectivity index (χ1v) is 6.50. The summed E-state index contributed by atoms with van der Waals surface area (Å²) in [5.41, 5.74) is -0.955. The predicted molar refractivity (Wildman–Crippen MR) is 67.0 cm³/mol. The Bertz CT molecular complexity index is 321. The monoisotopic (exact) mass is 257 g/mol. The molecule has 0 spiro atoms. The highest BCUT2D eigenvalue weighted by Crippen LogP contribution is 2.33. The van der Waals surface area contributed by atoms with Gasteiger partial charge >= 0.3 is 5.97 Å². The van der Waals surface area contributed by atoms with Crippen molar-refractivity contribution < 1.29 is 19.8 Å². The van der Waals surface area contributed by atoms with Gasteiger partial charge in [0.15, 0.2) is 0 Å². The highest BCUT2D eigenvalue weighted by atomic mass is 16.4. The lowest BCUT2D eigenvalue weighted by molar-refractivity contribution is -0.150. The van der Waals surface area contributed by atoms with E-state index >= 15 is 0 Å². The van der Waals surface area contributed by atoms with Gasteiger partial charge in [0.1, 0.15) is 0 Å². The Hall–Kier alpha value is -1.10. The van der Waals surface area contributed by atoms with Gasteiger partial charge in [-0.2, -0.15) is 0 Å². The fourth-order valence-electron chi connectivity index (χ4n) is 2.60. The third-order valence-electron chi connectivity index (χ3n) is 3.42. The summed E-state index contributed by atoms with van der Waals surface area (Å²) in [6.07, 6.45) is 2.00. The van der Waals surface area contributed by atoms with Crippen molar-refractivity contribution in [3.63, 3.8) is 0 Å². The van der Waals surface area contributed by atoms with Crippen LogP contribution in [0.25, 0.3) is 0 Å². The third kappa shape index (κ3) is 3.70. The van der Waals surface area contributed by atoms with Crippen LogP contribution in [0.15, 0.2) is 0 Å². The number of hydrogen-bond acceptors (Lipinski definition) is 3. The average Bonchev–Trinajstić information content (AvgIpc) is 2.72. The first kappa shape index (κ1) is 15.0. The van der Waals surface area contributed by atoms with Gasteiger partial charge in [-0.3, -0.25) is 9.59 Å². The van der Waals surface area contributed by atoms with Crippen LogP contribution < -0.4 is 0 Å². The minimum absolute atomic E-state index is 0.135. The van der Waals surface area contributed by atoms with Crippen LogP contribution in [0.2, 0.25) is 0 Å². The minimum Gasteiger partial charge on any atom is -0.481 e. The summed E-state index contributed by atoms with van der Waals surface area (Å²) in [6, 6.07) is 0. The number of likely N-dealkylation sites (N-methyl/N-ethyl adjacent to an activating group) is 1. The minimum atomic E-state index is -0.955. The van der Waals surface area contributed by atoms with E-state index in [4.69, 9.17) is 5.11 Å². The standard InChI is InChI=1S/C13H23NO4/c1-4-14(8-13(2,3)18)11(15)9-6-5-7-10(9)12(16)17/h9-10,18H,4-8H2,1-3H3,(H,16,17)/t9-,10+/m1/s1. The van der Waals surface area contributed by atoms with Crippen LogP contribution in [0.4, 0.5) is 0 Å². The molecule has 0 aromatic rings. The van der Waals surface area contributed by atoms with Crippen LogP contribution in [-0.2, 0) is 9.59 Å². The van der Waals surface area contributed by atoms with Crippen molar-refractivity contribution in [2.45, 2.75) is 45.6 Å². The largest absolute Gasteiger partial charge is 0.481 e. The molecule has 1 amide bonds. The Balaban J connectivity index is 2.74. The van der Waals surface area contributed by atoms with Crippen LogP contribution in [0, 0.1) is 11.8 Å². The SMILES string of the molecule is CCN(CC(C)(C)O)C(=O)[C@@H]1CCC[C@@H]1C(=O)O. The number of aliphatic carboxylic acids is 1. The number of amides is 1. The zero-order chi connectivity index (χ0) is 13.9. The lowest BCUT2D eigenvalue weighted by Crippen LogP contribution is -2.46. The quantitative estimate of drug-likeness (QED) is 0.773. The lowest BCUT2D eigenvalue weighted by Gasteiger charge is -2.31. The Labute approximate surface area is 108 Å². The molecule has 1 aliphatic carbocycles. The Morgan fingerprint density at radius 2 is 1.83 bits per heavy atom. The molecular formula is C13H23NO4. The molecule has 0 aliphatic heterocycles. The molecule has 0 heterocycles. The molecule has 1 aliphatic rings. The van der Waals surface area contributed by atoms with E-state index in [1.165, 1.54) is 0 Å². The first-order chi connectivity index (χ1) is 8.26. The Kier molecular flexibility index (Phi) is 4.73. The van der Waals surface area contributed by atoms with E-state index in [0.717, 1.165) is 6.42 Å². The molecule has 0 aromatic heterocycles. The second kappa shape index (κ2) is 5.69. The van der Waals surface area contributed by atoms with Gasteiger partial charge in [-0.15, -0.1) is 0 Å². The maximum absolute atomic E-state index is 12.3. The fraction of sp³-hybridized carbons (Fsp3) is 0.846. The number of rotatable bonds is 5. The second-order valence-corrected chi connectivity index (χ2v) is 5.65. The molecule has 1 fully saturated rings. The number of nitrogens with zero attached hydrogens (tertiary/aromatic N) is 1. The van der Waals surface area contributed by atoms with Gasteiger partial charge in [-0.1, -0.05) is 6.42 Å². The third-order valence-corrected chi connectivity index (χ3v) is 3.42. The van der Waals surface area contributed by atoms with Gasteiger partial charge in [-0.25, -0.2) is 0 Å². The molecule has 5 nitrogen and oxygen atoms in total. The lowest BCUT2D eigenvalue weighted by atomic mass is 9.94. The fourth-order valence-corrected chi connectivity index (χ4v) is 2.60. The van der Waals surface area contributed by atoms with E-state index in [1.807, 2.05) is 6.92 Å².